The highest BCUT2D eigenvalue weighted by Crippen LogP contribution is 2.33. The predicted octanol–water partition coefficient (Wildman–Crippen LogP) is 4.13. The molecule has 1 saturated heterocycles. The number of hydrogen-bond acceptors (Lipinski definition) is 6. The number of rotatable bonds is 6. The third kappa shape index (κ3) is 4.52. The summed E-state index contributed by atoms with van der Waals surface area (Å²) in [4.78, 5) is 19.6. The van der Waals surface area contributed by atoms with Gasteiger partial charge in [0, 0.05) is 24.2 Å². The van der Waals surface area contributed by atoms with Gasteiger partial charge in [0.15, 0.2) is 11.5 Å². The second-order valence-corrected chi connectivity index (χ2v) is 8.27. The minimum absolute atomic E-state index is 0.0258. The van der Waals surface area contributed by atoms with Crippen molar-refractivity contribution in [2.45, 2.75) is 18.8 Å². The molecule has 1 atom stereocenters. The van der Waals surface area contributed by atoms with Crippen molar-refractivity contribution in [3.05, 3.63) is 47.5 Å². The van der Waals surface area contributed by atoms with Crippen LogP contribution in [-0.2, 0) is 4.79 Å². The summed E-state index contributed by atoms with van der Waals surface area (Å²) in [5, 5.41) is 4.14. The molecule has 152 valence electrons. The first-order chi connectivity index (χ1) is 14.2. The second-order valence-electron chi connectivity index (χ2n) is 7.21. The zero-order valence-corrected chi connectivity index (χ0v) is 17.5. The second kappa shape index (κ2) is 8.80. The predicted molar refractivity (Wildman–Crippen MR) is 116 cm³/mol. The molecule has 6 nitrogen and oxygen atoms in total. The largest absolute Gasteiger partial charge is 0.493 e. The topological polar surface area (TPSA) is 63.7 Å². The average Bonchev–Trinajstić information content (AvgIpc) is 3.18. The highest BCUT2D eigenvalue weighted by Gasteiger charge is 2.25. The van der Waals surface area contributed by atoms with Crippen LogP contribution in [0.2, 0.25) is 0 Å². The number of likely N-dealkylation sites (tertiary alicyclic amines) is 1. The Balaban J connectivity index is 1.38. The molecule has 1 aliphatic rings. The molecule has 2 heterocycles. The number of piperidine rings is 1. The lowest BCUT2D eigenvalue weighted by Gasteiger charge is -2.31. The van der Waals surface area contributed by atoms with E-state index in [1.54, 1.807) is 37.7 Å². The van der Waals surface area contributed by atoms with Gasteiger partial charge in [-0.2, -0.15) is 0 Å². The van der Waals surface area contributed by atoms with Gasteiger partial charge in [-0.1, -0.05) is 12.1 Å². The fourth-order valence-corrected chi connectivity index (χ4v) is 4.88. The number of amides is 1. The molecule has 0 saturated carbocycles. The highest BCUT2D eigenvalue weighted by molar-refractivity contribution is 7.18. The van der Waals surface area contributed by atoms with Gasteiger partial charge >= 0.3 is 0 Å². The summed E-state index contributed by atoms with van der Waals surface area (Å²) in [6.45, 7) is 2.16. The smallest absolute Gasteiger partial charge is 0.238 e. The van der Waals surface area contributed by atoms with Crippen molar-refractivity contribution >= 4 is 33.1 Å². The molecule has 1 aliphatic heterocycles. The summed E-state index contributed by atoms with van der Waals surface area (Å²) in [6.07, 6.45) is 2.19. The molecule has 0 unspecified atom stereocenters. The summed E-state index contributed by atoms with van der Waals surface area (Å²) in [6, 6.07) is 13.6. The van der Waals surface area contributed by atoms with Gasteiger partial charge in [-0.3, -0.25) is 9.69 Å². The van der Waals surface area contributed by atoms with Crippen molar-refractivity contribution in [2.75, 3.05) is 39.2 Å². The van der Waals surface area contributed by atoms with E-state index in [1.807, 2.05) is 12.1 Å². The van der Waals surface area contributed by atoms with Crippen molar-refractivity contribution in [1.29, 1.82) is 0 Å². The van der Waals surface area contributed by atoms with Crippen molar-refractivity contribution in [3.63, 3.8) is 0 Å². The molecule has 1 fully saturated rings. The number of anilines is 1. The van der Waals surface area contributed by atoms with Crippen LogP contribution in [0.3, 0.4) is 0 Å². The van der Waals surface area contributed by atoms with E-state index in [1.165, 1.54) is 9.71 Å². The molecule has 3 aromatic rings. The normalized spacial score (nSPS) is 17.2. The molecule has 1 amide bonds. The van der Waals surface area contributed by atoms with E-state index in [4.69, 9.17) is 14.5 Å². The molecule has 0 aliphatic carbocycles. The van der Waals surface area contributed by atoms with Gasteiger partial charge in [0.1, 0.15) is 0 Å². The Morgan fingerprint density at radius 1 is 1.21 bits per heavy atom. The summed E-state index contributed by atoms with van der Waals surface area (Å²) in [7, 11) is 3.17. The number of carbonyl (C=O) groups is 1. The van der Waals surface area contributed by atoms with Crippen LogP contribution in [0.15, 0.2) is 42.5 Å². The van der Waals surface area contributed by atoms with E-state index in [2.05, 4.69) is 28.4 Å². The van der Waals surface area contributed by atoms with Gasteiger partial charge < -0.3 is 14.8 Å². The average molecular weight is 412 g/mol. The van der Waals surface area contributed by atoms with Gasteiger partial charge in [0.25, 0.3) is 0 Å². The summed E-state index contributed by atoms with van der Waals surface area (Å²) >= 11 is 1.77. The van der Waals surface area contributed by atoms with E-state index in [-0.39, 0.29) is 5.91 Å². The molecular formula is C22H25N3O3S. The first-order valence-corrected chi connectivity index (χ1v) is 10.6. The molecular weight excluding hydrogens is 386 g/mol. The number of aromatic nitrogens is 1. The van der Waals surface area contributed by atoms with Crippen molar-refractivity contribution in [2.24, 2.45) is 0 Å². The fraction of sp³-hybridized carbons (Fsp3) is 0.364. The number of para-hydroxylation sites is 1. The number of fused-ring (bicyclic) bond motifs is 1. The van der Waals surface area contributed by atoms with Crippen LogP contribution in [0.4, 0.5) is 5.69 Å². The van der Waals surface area contributed by atoms with E-state index < -0.39 is 0 Å². The Labute approximate surface area is 174 Å². The number of benzene rings is 2. The van der Waals surface area contributed by atoms with Crippen LogP contribution in [0.5, 0.6) is 11.5 Å². The Bertz CT molecular complexity index is 971. The number of nitrogens with zero attached hydrogens (tertiary/aromatic N) is 2. The number of carbonyl (C=O) groups excluding carboxylic acids is 1. The van der Waals surface area contributed by atoms with Gasteiger partial charge in [-0.05, 0) is 43.7 Å². The lowest BCUT2D eigenvalue weighted by molar-refractivity contribution is -0.117. The van der Waals surface area contributed by atoms with Crippen molar-refractivity contribution < 1.29 is 14.3 Å². The number of nitrogens with one attached hydrogen (secondary N) is 1. The number of hydrogen-bond donors (Lipinski definition) is 1. The standard InChI is InChI=1S/C22H25N3O3S/c1-27-18-10-9-16(12-19(18)28-2)23-21(26)14-25-11-5-6-15(13-25)22-24-17-7-3-4-8-20(17)29-22/h3-4,7-10,12,15H,5-6,11,13-14H2,1-2H3,(H,23,26)/t15-/m0/s1. The Kier molecular flexibility index (Phi) is 5.97. The van der Waals surface area contributed by atoms with E-state index >= 15 is 0 Å². The van der Waals surface area contributed by atoms with Crippen LogP contribution < -0.4 is 14.8 Å². The summed E-state index contributed by atoms with van der Waals surface area (Å²) in [5.41, 5.74) is 1.77. The van der Waals surface area contributed by atoms with Crippen molar-refractivity contribution in [1.82, 2.24) is 9.88 Å². The zero-order valence-electron chi connectivity index (χ0n) is 16.7. The third-order valence-electron chi connectivity index (χ3n) is 5.20. The molecule has 1 N–H and O–H groups in total. The number of ether oxygens (including phenoxy) is 2. The Hall–Kier alpha value is -2.64. The van der Waals surface area contributed by atoms with E-state index in [0.29, 0.717) is 29.6 Å². The van der Waals surface area contributed by atoms with E-state index in [0.717, 1.165) is 31.4 Å². The molecule has 0 radical (unpaired) electrons. The number of methoxy groups -OCH3 is 2. The molecule has 0 spiro atoms. The molecule has 29 heavy (non-hydrogen) atoms. The maximum Gasteiger partial charge on any atom is 0.238 e. The maximum atomic E-state index is 12.6. The molecule has 4 rings (SSSR count). The van der Waals surface area contributed by atoms with Gasteiger partial charge in [-0.25, -0.2) is 4.98 Å². The van der Waals surface area contributed by atoms with Crippen LogP contribution in [0.25, 0.3) is 10.2 Å². The van der Waals surface area contributed by atoms with Gasteiger partial charge in [0.05, 0.1) is 36.0 Å². The molecule has 7 heteroatoms. The van der Waals surface area contributed by atoms with Crippen LogP contribution in [0, 0.1) is 0 Å². The number of thiazole rings is 1. The Morgan fingerprint density at radius 2 is 2.03 bits per heavy atom. The van der Waals surface area contributed by atoms with Crippen LogP contribution in [-0.4, -0.2) is 49.6 Å². The molecule has 1 aromatic heterocycles. The third-order valence-corrected chi connectivity index (χ3v) is 6.40. The van der Waals surface area contributed by atoms with Crippen LogP contribution in [0.1, 0.15) is 23.8 Å². The summed E-state index contributed by atoms with van der Waals surface area (Å²) in [5.74, 6) is 1.59. The minimum atomic E-state index is -0.0258. The zero-order chi connectivity index (χ0) is 20.2. The molecule has 0 bridgehead atoms. The minimum Gasteiger partial charge on any atom is -0.493 e. The van der Waals surface area contributed by atoms with Crippen molar-refractivity contribution in [3.8, 4) is 11.5 Å². The first kappa shape index (κ1) is 19.7. The maximum absolute atomic E-state index is 12.6. The fourth-order valence-electron chi connectivity index (χ4n) is 3.78. The van der Waals surface area contributed by atoms with Gasteiger partial charge in [0.2, 0.25) is 5.91 Å². The SMILES string of the molecule is COc1ccc(NC(=O)CN2CCC[C@H](c3nc4ccccc4s3)C2)cc1OC. The summed E-state index contributed by atoms with van der Waals surface area (Å²) < 4.78 is 11.8. The van der Waals surface area contributed by atoms with Crippen LogP contribution >= 0.6 is 11.3 Å². The monoisotopic (exact) mass is 411 g/mol. The van der Waals surface area contributed by atoms with Gasteiger partial charge in [-0.15, -0.1) is 11.3 Å². The lowest BCUT2D eigenvalue weighted by atomic mass is 9.99. The Morgan fingerprint density at radius 3 is 2.83 bits per heavy atom. The first-order valence-electron chi connectivity index (χ1n) is 9.76. The quantitative estimate of drug-likeness (QED) is 0.661. The lowest BCUT2D eigenvalue weighted by Crippen LogP contribution is -2.39. The molecule has 2 aromatic carbocycles. The highest BCUT2D eigenvalue weighted by atomic mass is 32.1. The van der Waals surface area contributed by atoms with E-state index in [9.17, 15) is 4.79 Å².